The lowest BCUT2D eigenvalue weighted by Gasteiger charge is -2.38. The first-order valence-electron chi connectivity index (χ1n) is 10.3. The van der Waals surface area contributed by atoms with Crippen LogP contribution in [-0.4, -0.2) is 80.2 Å². The molecule has 0 spiro atoms. The summed E-state index contributed by atoms with van der Waals surface area (Å²) in [5, 5.41) is 2.74. The number of carbonyl (C=O) groups is 3. The van der Waals surface area contributed by atoms with E-state index in [-0.39, 0.29) is 12.7 Å². The normalized spacial score (nSPS) is 21.1. The minimum absolute atomic E-state index is 0.171. The van der Waals surface area contributed by atoms with Crippen molar-refractivity contribution in [3.05, 3.63) is 29.8 Å². The molecule has 1 saturated heterocycles. The van der Waals surface area contributed by atoms with E-state index in [1.54, 1.807) is 50.1 Å². The number of hydrogen-bond acceptors (Lipinski definition) is 8. The van der Waals surface area contributed by atoms with Gasteiger partial charge in [-0.3, -0.25) is 14.9 Å². The van der Waals surface area contributed by atoms with Crippen molar-refractivity contribution in [1.29, 1.82) is 0 Å². The van der Waals surface area contributed by atoms with E-state index in [1.807, 2.05) is 4.90 Å². The first-order chi connectivity index (χ1) is 15.0. The van der Waals surface area contributed by atoms with Crippen LogP contribution < -0.4 is 10.1 Å². The number of esters is 1. The van der Waals surface area contributed by atoms with Crippen LogP contribution in [0.4, 0.5) is 4.79 Å². The third kappa shape index (κ3) is 5.07. The first-order valence-corrected chi connectivity index (χ1v) is 10.3. The maximum Gasteiger partial charge on any atom is 0.409 e. The Kier molecular flexibility index (Phi) is 7.32. The van der Waals surface area contributed by atoms with Crippen LogP contribution >= 0.6 is 0 Å². The number of rotatable bonds is 5. The molecule has 2 atom stereocenters. The van der Waals surface area contributed by atoms with Crippen molar-refractivity contribution >= 4 is 23.9 Å². The van der Waals surface area contributed by atoms with E-state index in [0.29, 0.717) is 50.1 Å². The van der Waals surface area contributed by atoms with Crippen LogP contribution in [0.5, 0.6) is 5.75 Å². The largest absolute Gasteiger partial charge is 0.497 e. The lowest BCUT2D eigenvalue weighted by Crippen LogP contribution is -2.58. The van der Waals surface area contributed by atoms with Gasteiger partial charge in [-0.2, -0.15) is 0 Å². The molecule has 0 aliphatic carbocycles. The quantitative estimate of drug-likeness (QED) is 0.549. The van der Waals surface area contributed by atoms with Gasteiger partial charge in [-0.25, -0.2) is 9.79 Å². The van der Waals surface area contributed by atoms with Gasteiger partial charge >= 0.3 is 12.1 Å². The Morgan fingerprint density at radius 2 is 1.71 bits per heavy atom. The summed E-state index contributed by atoms with van der Waals surface area (Å²) in [6.45, 7) is 5.81. The average molecular weight is 432 g/mol. The number of hydrogen-bond donors (Lipinski definition) is 1. The van der Waals surface area contributed by atoms with E-state index >= 15 is 0 Å². The lowest BCUT2D eigenvalue weighted by atomic mass is 9.91. The number of benzene rings is 1. The minimum atomic E-state index is -1.09. The predicted octanol–water partition coefficient (Wildman–Crippen LogP) is 1.18. The topological polar surface area (TPSA) is 110 Å². The number of nitrogens with zero attached hydrogens (tertiary/aromatic N) is 3. The monoisotopic (exact) mass is 432 g/mol. The molecule has 10 heteroatoms. The molecule has 0 saturated carbocycles. The van der Waals surface area contributed by atoms with Crippen LogP contribution in [0.25, 0.3) is 0 Å². The highest BCUT2D eigenvalue weighted by Gasteiger charge is 2.42. The summed E-state index contributed by atoms with van der Waals surface area (Å²) >= 11 is 0. The molecule has 1 aromatic rings. The summed E-state index contributed by atoms with van der Waals surface area (Å²) in [5.41, 5.74) is 0.705. The van der Waals surface area contributed by atoms with Gasteiger partial charge in [0.25, 0.3) is 0 Å². The molecule has 0 bridgehead atoms. The van der Waals surface area contributed by atoms with E-state index in [2.05, 4.69) is 5.32 Å². The van der Waals surface area contributed by atoms with Gasteiger partial charge in [-0.15, -0.1) is 0 Å². The standard InChI is InChI=1S/C21H28N4O6/c1-4-30-19(27)16-17(14-6-8-15(29-3)9-7-14)22-20(23-18(16)26)24-10-12-25(13-11-24)21(28)31-5-2/h6-9,16-17H,4-5,10-13H2,1-3H3,(H,22,23,26). The Labute approximate surface area is 181 Å². The maximum absolute atomic E-state index is 12.9. The number of methoxy groups -OCH3 is 1. The van der Waals surface area contributed by atoms with Gasteiger partial charge < -0.3 is 24.0 Å². The van der Waals surface area contributed by atoms with E-state index in [4.69, 9.17) is 19.2 Å². The molecule has 3 rings (SSSR count). The van der Waals surface area contributed by atoms with Crippen LogP contribution in [0.1, 0.15) is 25.5 Å². The van der Waals surface area contributed by atoms with Crippen molar-refractivity contribution in [2.24, 2.45) is 10.9 Å². The molecule has 0 radical (unpaired) electrons. The zero-order chi connectivity index (χ0) is 22.4. The number of nitrogens with one attached hydrogen (secondary N) is 1. The van der Waals surface area contributed by atoms with Gasteiger partial charge in [-0.05, 0) is 31.5 Å². The summed E-state index contributed by atoms with van der Waals surface area (Å²) < 4.78 is 15.4. The van der Waals surface area contributed by atoms with E-state index < -0.39 is 23.8 Å². The summed E-state index contributed by atoms with van der Waals surface area (Å²) in [5.74, 6) is -1.11. The second kappa shape index (κ2) is 10.1. The molecule has 31 heavy (non-hydrogen) atoms. The van der Waals surface area contributed by atoms with Crippen LogP contribution in [0, 0.1) is 5.92 Å². The van der Waals surface area contributed by atoms with Crippen LogP contribution in [0.2, 0.25) is 0 Å². The fraction of sp³-hybridized carbons (Fsp3) is 0.524. The maximum atomic E-state index is 12.9. The van der Waals surface area contributed by atoms with E-state index in [1.165, 1.54) is 0 Å². The molecule has 1 fully saturated rings. The van der Waals surface area contributed by atoms with Gasteiger partial charge in [0, 0.05) is 26.2 Å². The summed E-state index contributed by atoms with van der Waals surface area (Å²) in [6, 6.07) is 6.37. The van der Waals surface area contributed by atoms with Crippen molar-refractivity contribution in [3.63, 3.8) is 0 Å². The molecule has 2 aliphatic rings. The number of amides is 2. The number of guanidine groups is 1. The fourth-order valence-electron chi connectivity index (χ4n) is 3.58. The van der Waals surface area contributed by atoms with Crippen molar-refractivity contribution in [2.75, 3.05) is 46.5 Å². The third-order valence-electron chi connectivity index (χ3n) is 5.20. The van der Waals surface area contributed by atoms with Gasteiger partial charge in [0.15, 0.2) is 5.92 Å². The summed E-state index contributed by atoms with van der Waals surface area (Å²) in [4.78, 5) is 45.6. The minimum Gasteiger partial charge on any atom is -0.497 e. The Bertz CT molecular complexity index is 833. The smallest absolute Gasteiger partial charge is 0.409 e. The van der Waals surface area contributed by atoms with Crippen molar-refractivity contribution < 1.29 is 28.6 Å². The highest BCUT2D eigenvalue weighted by molar-refractivity contribution is 6.08. The molecule has 2 heterocycles. The lowest BCUT2D eigenvalue weighted by molar-refractivity contribution is -0.153. The molecule has 1 N–H and O–H groups in total. The van der Waals surface area contributed by atoms with Gasteiger partial charge in [0.05, 0.1) is 20.3 Å². The molecule has 168 valence electrons. The van der Waals surface area contributed by atoms with Crippen molar-refractivity contribution in [1.82, 2.24) is 15.1 Å². The number of ether oxygens (including phenoxy) is 3. The van der Waals surface area contributed by atoms with Gasteiger partial charge in [0.2, 0.25) is 11.9 Å². The number of aliphatic imine (C=N–C) groups is 1. The Balaban J connectivity index is 1.83. The SMILES string of the molecule is CCOC(=O)C1C(=O)NC(N2CCN(C(=O)OCC)CC2)=NC1c1ccc(OC)cc1. The Morgan fingerprint density at radius 3 is 2.29 bits per heavy atom. The zero-order valence-corrected chi connectivity index (χ0v) is 18.0. The second-order valence-corrected chi connectivity index (χ2v) is 7.06. The molecule has 2 unspecified atom stereocenters. The molecule has 10 nitrogen and oxygen atoms in total. The van der Waals surface area contributed by atoms with E-state index in [0.717, 1.165) is 0 Å². The molecular formula is C21H28N4O6. The van der Waals surface area contributed by atoms with Crippen molar-refractivity contribution in [2.45, 2.75) is 19.9 Å². The Morgan fingerprint density at radius 1 is 1.06 bits per heavy atom. The number of carbonyl (C=O) groups excluding carboxylic acids is 3. The number of piperazine rings is 1. The average Bonchev–Trinajstić information content (AvgIpc) is 2.79. The van der Waals surface area contributed by atoms with E-state index in [9.17, 15) is 14.4 Å². The van der Waals surface area contributed by atoms with Crippen molar-refractivity contribution in [3.8, 4) is 5.75 Å². The first kappa shape index (κ1) is 22.4. The molecule has 2 amide bonds. The van der Waals surface area contributed by atoms with Crippen LogP contribution in [0.3, 0.4) is 0 Å². The highest BCUT2D eigenvalue weighted by Crippen LogP contribution is 2.32. The summed E-state index contributed by atoms with van der Waals surface area (Å²) in [6.07, 6.45) is -0.352. The van der Waals surface area contributed by atoms with Crippen LogP contribution in [-0.2, 0) is 19.1 Å². The predicted molar refractivity (Wildman–Crippen MR) is 112 cm³/mol. The molecule has 1 aromatic carbocycles. The van der Waals surface area contributed by atoms with Gasteiger partial charge in [-0.1, -0.05) is 12.1 Å². The molecular weight excluding hydrogens is 404 g/mol. The summed E-state index contributed by atoms with van der Waals surface area (Å²) in [7, 11) is 1.57. The second-order valence-electron chi connectivity index (χ2n) is 7.06. The Hall–Kier alpha value is -3.30. The highest BCUT2D eigenvalue weighted by atomic mass is 16.6. The third-order valence-corrected chi connectivity index (χ3v) is 5.20. The molecule has 2 aliphatic heterocycles. The molecule has 0 aromatic heterocycles. The van der Waals surface area contributed by atoms with Gasteiger partial charge in [0.1, 0.15) is 11.8 Å². The zero-order valence-electron chi connectivity index (χ0n) is 18.0. The fourth-order valence-corrected chi connectivity index (χ4v) is 3.58. The van der Waals surface area contributed by atoms with Crippen LogP contribution in [0.15, 0.2) is 29.3 Å².